The van der Waals surface area contributed by atoms with Crippen molar-refractivity contribution in [3.8, 4) is 0 Å². The molecule has 1 rings (SSSR count). The average molecular weight is 200 g/mol. The van der Waals surface area contributed by atoms with Gasteiger partial charge >= 0.3 is 0 Å². The van der Waals surface area contributed by atoms with Gasteiger partial charge in [0.25, 0.3) is 0 Å². The van der Waals surface area contributed by atoms with Crippen LogP contribution in [0.15, 0.2) is 6.20 Å². The van der Waals surface area contributed by atoms with E-state index in [1.54, 1.807) is 6.20 Å². The second-order valence-electron chi connectivity index (χ2n) is 3.17. The molecule has 0 aromatic carbocycles. The van der Waals surface area contributed by atoms with E-state index < -0.39 is 0 Å². The number of rotatable bonds is 6. The summed E-state index contributed by atoms with van der Waals surface area (Å²) in [4.78, 5) is 1.18. The van der Waals surface area contributed by atoms with Gasteiger partial charge in [0.15, 0.2) is 0 Å². The molecule has 0 bridgehead atoms. The van der Waals surface area contributed by atoms with Crippen LogP contribution in [0.4, 0.5) is 0 Å². The molecule has 0 unspecified atom stereocenters. The standard InChI is InChI=1S/C8H16N4S/c1-7(2)10-4-3-9-5-8-6-11-12-13-8/h6-7,9-10H,3-5H2,1-2H3. The van der Waals surface area contributed by atoms with Gasteiger partial charge in [0, 0.05) is 25.7 Å². The molecule has 0 saturated carbocycles. The van der Waals surface area contributed by atoms with Crippen LogP contribution in [0.3, 0.4) is 0 Å². The van der Waals surface area contributed by atoms with Gasteiger partial charge < -0.3 is 10.6 Å². The van der Waals surface area contributed by atoms with Crippen LogP contribution in [0.5, 0.6) is 0 Å². The number of nitrogens with one attached hydrogen (secondary N) is 2. The van der Waals surface area contributed by atoms with Crippen molar-refractivity contribution in [1.29, 1.82) is 0 Å². The van der Waals surface area contributed by atoms with Crippen molar-refractivity contribution in [1.82, 2.24) is 20.2 Å². The van der Waals surface area contributed by atoms with Crippen molar-refractivity contribution in [2.75, 3.05) is 13.1 Å². The van der Waals surface area contributed by atoms with Gasteiger partial charge in [-0.2, -0.15) is 0 Å². The maximum atomic E-state index is 3.79. The van der Waals surface area contributed by atoms with Crippen LogP contribution in [-0.4, -0.2) is 28.7 Å². The van der Waals surface area contributed by atoms with E-state index in [9.17, 15) is 0 Å². The fourth-order valence-electron chi connectivity index (χ4n) is 0.926. The monoisotopic (exact) mass is 200 g/mol. The maximum Gasteiger partial charge on any atom is 0.0666 e. The van der Waals surface area contributed by atoms with Crippen LogP contribution in [0.25, 0.3) is 0 Å². The summed E-state index contributed by atoms with van der Waals surface area (Å²) >= 11 is 1.44. The summed E-state index contributed by atoms with van der Waals surface area (Å²) in [6.07, 6.45) is 1.80. The SMILES string of the molecule is CC(C)NCCNCc1cnns1. The third kappa shape index (κ3) is 4.92. The molecule has 0 aliphatic rings. The Hall–Kier alpha value is -0.520. The molecule has 0 saturated heterocycles. The molecule has 74 valence electrons. The van der Waals surface area contributed by atoms with Crippen LogP contribution in [-0.2, 0) is 6.54 Å². The second kappa shape index (κ2) is 6.01. The lowest BCUT2D eigenvalue weighted by molar-refractivity contribution is 0.557. The van der Waals surface area contributed by atoms with Crippen molar-refractivity contribution in [2.24, 2.45) is 0 Å². The molecule has 0 aliphatic heterocycles. The number of hydrogen-bond donors (Lipinski definition) is 2. The Morgan fingerprint density at radius 2 is 2.31 bits per heavy atom. The van der Waals surface area contributed by atoms with Crippen molar-refractivity contribution >= 4 is 11.5 Å². The average Bonchev–Trinajstić information content (AvgIpc) is 2.55. The molecule has 5 heteroatoms. The number of hydrogen-bond acceptors (Lipinski definition) is 5. The maximum absolute atomic E-state index is 3.79. The molecule has 0 radical (unpaired) electrons. The molecule has 1 aromatic rings. The summed E-state index contributed by atoms with van der Waals surface area (Å²) in [6.45, 7) is 7.15. The highest BCUT2D eigenvalue weighted by Crippen LogP contribution is 1.99. The Bertz CT molecular complexity index is 210. The summed E-state index contributed by atoms with van der Waals surface area (Å²) in [5.74, 6) is 0. The molecule has 13 heavy (non-hydrogen) atoms. The summed E-state index contributed by atoms with van der Waals surface area (Å²) in [5.41, 5.74) is 0. The molecule has 0 spiro atoms. The van der Waals surface area contributed by atoms with E-state index in [4.69, 9.17) is 0 Å². The van der Waals surface area contributed by atoms with Gasteiger partial charge in [0.2, 0.25) is 0 Å². The molecule has 1 heterocycles. The molecule has 0 fully saturated rings. The van der Waals surface area contributed by atoms with Crippen LogP contribution >= 0.6 is 11.5 Å². The smallest absolute Gasteiger partial charge is 0.0666 e. The molecule has 0 aliphatic carbocycles. The van der Waals surface area contributed by atoms with Crippen LogP contribution in [0.1, 0.15) is 18.7 Å². The first-order valence-electron chi connectivity index (χ1n) is 4.49. The fourth-order valence-corrected chi connectivity index (χ4v) is 1.39. The van der Waals surface area contributed by atoms with Crippen LogP contribution in [0.2, 0.25) is 0 Å². The zero-order chi connectivity index (χ0) is 9.52. The third-order valence-electron chi connectivity index (χ3n) is 1.56. The Morgan fingerprint density at radius 1 is 1.46 bits per heavy atom. The summed E-state index contributed by atoms with van der Waals surface area (Å²) in [5, 5.41) is 10.4. The molecular formula is C8H16N4S. The highest BCUT2D eigenvalue weighted by Gasteiger charge is 1.95. The minimum Gasteiger partial charge on any atom is -0.313 e. The van der Waals surface area contributed by atoms with Gasteiger partial charge in [-0.05, 0) is 11.5 Å². The molecule has 0 atom stereocenters. The largest absolute Gasteiger partial charge is 0.313 e. The first-order valence-corrected chi connectivity index (χ1v) is 5.26. The molecule has 1 aromatic heterocycles. The lowest BCUT2D eigenvalue weighted by Crippen LogP contribution is -2.31. The Kier molecular flexibility index (Phi) is 4.88. The van der Waals surface area contributed by atoms with E-state index in [-0.39, 0.29) is 0 Å². The van der Waals surface area contributed by atoms with Crippen molar-refractivity contribution in [2.45, 2.75) is 26.4 Å². The highest BCUT2D eigenvalue weighted by atomic mass is 32.1. The van der Waals surface area contributed by atoms with E-state index in [1.165, 1.54) is 16.4 Å². The Morgan fingerprint density at radius 3 is 2.92 bits per heavy atom. The molecule has 2 N–H and O–H groups in total. The van der Waals surface area contributed by atoms with Crippen molar-refractivity contribution in [3.05, 3.63) is 11.1 Å². The predicted molar refractivity (Wildman–Crippen MR) is 54.8 cm³/mol. The van der Waals surface area contributed by atoms with Gasteiger partial charge in [-0.15, -0.1) is 5.10 Å². The normalized spacial score (nSPS) is 11.0. The Balaban J connectivity index is 1.96. The van der Waals surface area contributed by atoms with E-state index >= 15 is 0 Å². The van der Waals surface area contributed by atoms with Crippen molar-refractivity contribution in [3.63, 3.8) is 0 Å². The van der Waals surface area contributed by atoms with Crippen molar-refractivity contribution < 1.29 is 0 Å². The van der Waals surface area contributed by atoms with Gasteiger partial charge in [-0.1, -0.05) is 18.3 Å². The Labute approximate surface area is 82.9 Å². The lowest BCUT2D eigenvalue weighted by atomic mass is 10.4. The molecular weight excluding hydrogens is 184 g/mol. The molecule has 0 amide bonds. The zero-order valence-corrected chi connectivity index (χ0v) is 8.90. The van der Waals surface area contributed by atoms with E-state index in [0.29, 0.717) is 6.04 Å². The second-order valence-corrected chi connectivity index (χ2v) is 4.04. The predicted octanol–water partition coefficient (Wildman–Crippen LogP) is 0.626. The number of aromatic nitrogens is 2. The lowest BCUT2D eigenvalue weighted by Gasteiger charge is -2.07. The van der Waals surface area contributed by atoms with E-state index in [2.05, 4.69) is 34.1 Å². The fraction of sp³-hybridized carbons (Fsp3) is 0.750. The van der Waals surface area contributed by atoms with Gasteiger partial charge in [0.1, 0.15) is 0 Å². The quantitative estimate of drug-likeness (QED) is 0.661. The summed E-state index contributed by atoms with van der Waals surface area (Å²) in [7, 11) is 0. The number of nitrogens with zero attached hydrogens (tertiary/aromatic N) is 2. The summed E-state index contributed by atoms with van der Waals surface area (Å²) < 4.78 is 3.79. The topological polar surface area (TPSA) is 49.8 Å². The van der Waals surface area contributed by atoms with Gasteiger partial charge in [0.05, 0.1) is 11.1 Å². The van der Waals surface area contributed by atoms with E-state index in [1.807, 2.05) is 0 Å². The van der Waals surface area contributed by atoms with Crippen LogP contribution in [0, 0.1) is 0 Å². The zero-order valence-electron chi connectivity index (χ0n) is 8.08. The van der Waals surface area contributed by atoms with Crippen LogP contribution < -0.4 is 10.6 Å². The highest BCUT2D eigenvalue weighted by molar-refractivity contribution is 7.05. The van der Waals surface area contributed by atoms with Gasteiger partial charge in [-0.25, -0.2) is 0 Å². The summed E-state index contributed by atoms with van der Waals surface area (Å²) in [6, 6.07) is 0.562. The molecule has 4 nitrogen and oxygen atoms in total. The third-order valence-corrected chi connectivity index (χ3v) is 2.22. The minimum atomic E-state index is 0.562. The first-order chi connectivity index (χ1) is 6.29. The minimum absolute atomic E-state index is 0.562. The first kappa shape index (κ1) is 10.6. The van der Waals surface area contributed by atoms with Gasteiger partial charge in [-0.3, -0.25) is 0 Å². The van der Waals surface area contributed by atoms with E-state index in [0.717, 1.165) is 19.6 Å².